The monoisotopic (exact) mass is 334 g/mol. The molecule has 5 nitrogen and oxygen atoms in total. The summed E-state index contributed by atoms with van der Waals surface area (Å²) in [5.41, 5.74) is 1.00. The maximum Gasteiger partial charge on any atom is 0.348 e. The number of esters is 1. The van der Waals surface area contributed by atoms with Gasteiger partial charge in [0, 0.05) is 9.90 Å². The number of aromatic nitrogens is 2. The molecule has 0 radical (unpaired) electrons. The predicted octanol–water partition coefficient (Wildman–Crippen LogP) is 4.12. The van der Waals surface area contributed by atoms with Crippen LogP contribution >= 0.6 is 22.9 Å². The van der Waals surface area contributed by atoms with Crippen molar-refractivity contribution in [2.24, 2.45) is 0 Å². The van der Waals surface area contributed by atoms with E-state index in [0.29, 0.717) is 15.7 Å². The summed E-state index contributed by atoms with van der Waals surface area (Å²) in [6.45, 7) is 1.67. The SMILES string of the molecule is Cc1noc(COC(=O)c2ccc(-c3ccc(Cl)cc3)s2)n1. The van der Waals surface area contributed by atoms with Crippen molar-refractivity contribution >= 4 is 28.9 Å². The number of thiophene rings is 1. The number of rotatable bonds is 4. The van der Waals surface area contributed by atoms with Crippen molar-refractivity contribution in [3.05, 3.63) is 58.0 Å². The Morgan fingerprint density at radius 1 is 1.27 bits per heavy atom. The zero-order valence-corrected chi connectivity index (χ0v) is 13.1. The molecular weight excluding hydrogens is 324 g/mol. The van der Waals surface area contributed by atoms with Gasteiger partial charge in [0.1, 0.15) is 4.88 Å². The lowest BCUT2D eigenvalue weighted by Crippen LogP contribution is -2.03. The number of hydrogen-bond acceptors (Lipinski definition) is 6. The Morgan fingerprint density at radius 2 is 2.05 bits per heavy atom. The van der Waals surface area contributed by atoms with Gasteiger partial charge in [-0.25, -0.2) is 4.79 Å². The molecule has 3 aromatic rings. The Morgan fingerprint density at radius 3 is 2.73 bits per heavy atom. The van der Waals surface area contributed by atoms with Gasteiger partial charge in [-0.05, 0) is 36.8 Å². The third-order valence-corrected chi connectivity index (χ3v) is 4.20. The van der Waals surface area contributed by atoms with Crippen LogP contribution in [-0.2, 0) is 11.3 Å². The number of nitrogens with zero attached hydrogens (tertiary/aromatic N) is 2. The van der Waals surface area contributed by atoms with E-state index in [1.165, 1.54) is 11.3 Å². The molecule has 0 fully saturated rings. The topological polar surface area (TPSA) is 65.2 Å². The summed E-state index contributed by atoms with van der Waals surface area (Å²) in [6.07, 6.45) is 0. The first-order valence-corrected chi connectivity index (χ1v) is 7.63. The van der Waals surface area contributed by atoms with Crippen molar-refractivity contribution in [3.8, 4) is 10.4 Å². The average Bonchev–Trinajstić information content (AvgIpc) is 3.15. The van der Waals surface area contributed by atoms with Gasteiger partial charge in [-0.2, -0.15) is 4.98 Å². The summed E-state index contributed by atoms with van der Waals surface area (Å²) < 4.78 is 10.0. The molecule has 0 saturated carbocycles. The number of halogens is 1. The number of hydrogen-bond donors (Lipinski definition) is 0. The fourth-order valence-electron chi connectivity index (χ4n) is 1.81. The third-order valence-electron chi connectivity index (χ3n) is 2.83. The molecule has 0 aliphatic carbocycles. The summed E-state index contributed by atoms with van der Waals surface area (Å²) in [7, 11) is 0. The standard InChI is InChI=1S/C15H11ClN2O3S/c1-9-17-14(21-18-9)8-20-15(19)13-7-6-12(22-13)10-2-4-11(16)5-3-10/h2-7H,8H2,1H3. The van der Waals surface area contributed by atoms with Crippen LogP contribution in [0.2, 0.25) is 5.02 Å². The largest absolute Gasteiger partial charge is 0.451 e. The molecule has 2 aromatic heterocycles. The second kappa shape index (κ2) is 6.29. The summed E-state index contributed by atoms with van der Waals surface area (Å²) in [4.78, 5) is 17.5. The summed E-state index contributed by atoms with van der Waals surface area (Å²) in [5.74, 6) is 0.369. The maximum absolute atomic E-state index is 12.0. The van der Waals surface area contributed by atoms with Gasteiger partial charge < -0.3 is 9.26 Å². The lowest BCUT2D eigenvalue weighted by molar-refractivity contribution is 0.0435. The molecule has 0 amide bonds. The lowest BCUT2D eigenvalue weighted by Gasteiger charge is -1.99. The molecule has 0 aliphatic rings. The number of carbonyl (C=O) groups is 1. The summed E-state index contributed by atoms with van der Waals surface area (Å²) in [6, 6.07) is 11.0. The molecule has 0 saturated heterocycles. The van der Waals surface area contributed by atoms with E-state index >= 15 is 0 Å². The van der Waals surface area contributed by atoms with Gasteiger partial charge in [0.05, 0.1) is 0 Å². The van der Waals surface area contributed by atoms with Gasteiger partial charge >= 0.3 is 5.97 Å². The minimum Gasteiger partial charge on any atom is -0.451 e. The molecule has 7 heteroatoms. The van der Waals surface area contributed by atoms with E-state index in [0.717, 1.165) is 10.4 Å². The molecule has 0 aliphatic heterocycles. The highest BCUT2D eigenvalue weighted by atomic mass is 35.5. The van der Waals surface area contributed by atoms with E-state index < -0.39 is 5.97 Å². The quantitative estimate of drug-likeness (QED) is 0.671. The second-order valence-electron chi connectivity index (χ2n) is 4.48. The Hall–Kier alpha value is -2.18. The number of aryl methyl sites for hydroxylation is 1. The molecule has 0 spiro atoms. The van der Waals surface area contributed by atoms with Crippen molar-refractivity contribution in [3.63, 3.8) is 0 Å². The second-order valence-corrected chi connectivity index (χ2v) is 6.00. The van der Waals surface area contributed by atoms with E-state index in [-0.39, 0.29) is 12.5 Å². The van der Waals surface area contributed by atoms with Gasteiger partial charge in [-0.15, -0.1) is 11.3 Å². The van der Waals surface area contributed by atoms with Gasteiger partial charge in [0.15, 0.2) is 12.4 Å². The van der Waals surface area contributed by atoms with E-state index in [1.54, 1.807) is 13.0 Å². The minimum atomic E-state index is -0.416. The normalized spacial score (nSPS) is 10.6. The zero-order valence-electron chi connectivity index (χ0n) is 11.6. The van der Waals surface area contributed by atoms with Crippen LogP contribution < -0.4 is 0 Å². The first-order valence-electron chi connectivity index (χ1n) is 6.44. The van der Waals surface area contributed by atoms with Crippen LogP contribution in [0.15, 0.2) is 40.9 Å². The highest BCUT2D eigenvalue weighted by Gasteiger charge is 2.13. The first kappa shape index (κ1) is 14.7. The van der Waals surface area contributed by atoms with E-state index in [9.17, 15) is 4.79 Å². The van der Waals surface area contributed by atoms with Crippen molar-refractivity contribution in [1.82, 2.24) is 10.1 Å². The average molecular weight is 335 g/mol. The first-order chi connectivity index (χ1) is 10.6. The fourth-order valence-corrected chi connectivity index (χ4v) is 2.85. The molecule has 3 rings (SSSR count). The van der Waals surface area contributed by atoms with Gasteiger partial charge in [-0.3, -0.25) is 0 Å². The van der Waals surface area contributed by atoms with Gasteiger partial charge in [0.2, 0.25) is 0 Å². The van der Waals surface area contributed by atoms with Crippen LogP contribution in [0.4, 0.5) is 0 Å². The van der Waals surface area contributed by atoms with Crippen molar-refractivity contribution in [2.75, 3.05) is 0 Å². The van der Waals surface area contributed by atoms with Crippen LogP contribution in [-0.4, -0.2) is 16.1 Å². The van der Waals surface area contributed by atoms with Crippen molar-refractivity contribution in [1.29, 1.82) is 0 Å². The molecule has 0 bridgehead atoms. The van der Waals surface area contributed by atoms with Crippen LogP contribution in [0.3, 0.4) is 0 Å². The fraction of sp³-hybridized carbons (Fsp3) is 0.133. The molecule has 0 unspecified atom stereocenters. The number of benzene rings is 1. The van der Waals surface area contributed by atoms with Crippen LogP contribution in [0.1, 0.15) is 21.4 Å². The van der Waals surface area contributed by atoms with Crippen LogP contribution in [0.25, 0.3) is 10.4 Å². The summed E-state index contributed by atoms with van der Waals surface area (Å²) in [5, 5.41) is 4.31. The Balaban J connectivity index is 1.67. The highest BCUT2D eigenvalue weighted by molar-refractivity contribution is 7.17. The molecule has 112 valence electrons. The molecular formula is C15H11ClN2O3S. The lowest BCUT2D eigenvalue weighted by atomic mass is 10.2. The number of ether oxygens (including phenoxy) is 1. The molecule has 22 heavy (non-hydrogen) atoms. The zero-order chi connectivity index (χ0) is 15.5. The molecule has 0 atom stereocenters. The highest BCUT2D eigenvalue weighted by Crippen LogP contribution is 2.29. The molecule has 2 heterocycles. The minimum absolute atomic E-state index is 0.0339. The number of carbonyl (C=O) groups excluding carboxylic acids is 1. The Labute approximate surface area is 135 Å². The Bertz CT molecular complexity index is 795. The molecule has 1 aromatic carbocycles. The van der Waals surface area contributed by atoms with E-state index in [1.807, 2.05) is 30.3 Å². The van der Waals surface area contributed by atoms with E-state index in [4.69, 9.17) is 20.9 Å². The maximum atomic E-state index is 12.0. The van der Waals surface area contributed by atoms with Gasteiger partial charge in [-0.1, -0.05) is 28.9 Å². The molecule has 0 N–H and O–H groups in total. The smallest absolute Gasteiger partial charge is 0.348 e. The third kappa shape index (κ3) is 3.35. The van der Waals surface area contributed by atoms with Crippen LogP contribution in [0, 0.1) is 6.92 Å². The van der Waals surface area contributed by atoms with E-state index in [2.05, 4.69) is 10.1 Å². The van der Waals surface area contributed by atoms with Gasteiger partial charge in [0.25, 0.3) is 5.89 Å². The summed E-state index contributed by atoms with van der Waals surface area (Å²) >= 11 is 7.22. The predicted molar refractivity (Wildman–Crippen MR) is 82.9 cm³/mol. The van der Waals surface area contributed by atoms with Crippen LogP contribution in [0.5, 0.6) is 0 Å². The van der Waals surface area contributed by atoms with Crippen molar-refractivity contribution in [2.45, 2.75) is 13.5 Å². The Kier molecular flexibility index (Phi) is 4.22. The van der Waals surface area contributed by atoms with Crippen molar-refractivity contribution < 1.29 is 14.1 Å².